The van der Waals surface area contributed by atoms with E-state index < -0.39 is 0 Å². The topological polar surface area (TPSA) is 71.1 Å². The monoisotopic (exact) mass is 367 g/mol. The van der Waals surface area contributed by atoms with Crippen LogP contribution in [-0.2, 0) is 4.79 Å². The number of anilines is 1. The van der Waals surface area contributed by atoms with Gasteiger partial charge in [-0.3, -0.25) is 9.59 Å². The predicted octanol–water partition coefficient (Wildman–Crippen LogP) is 2.87. The molecule has 7 heteroatoms. The molecule has 0 aliphatic heterocycles. The molecule has 2 aromatic rings. The largest absolute Gasteiger partial charge is 0.343 e. The molecule has 0 aliphatic rings. The minimum Gasteiger partial charge on any atom is -0.343 e. The van der Waals surface area contributed by atoms with E-state index in [2.05, 4.69) is 31.5 Å². The average molecular weight is 369 g/mol. The van der Waals surface area contributed by atoms with Crippen LogP contribution in [0.5, 0.6) is 0 Å². The van der Waals surface area contributed by atoms with Crippen LogP contribution in [0, 0.1) is 0 Å². The zero-order chi connectivity index (χ0) is 15.2. The Morgan fingerprint density at radius 3 is 2.62 bits per heavy atom. The van der Waals surface area contributed by atoms with Gasteiger partial charge < -0.3 is 10.6 Å². The summed E-state index contributed by atoms with van der Waals surface area (Å²) in [5.41, 5.74) is 0.992. The van der Waals surface area contributed by atoms with Crippen LogP contribution in [0.2, 0.25) is 5.15 Å². The molecule has 5 nitrogen and oxygen atoms in total. The van der Waals surface area contributed by atoms with Crippen molar-refractivity contribution in [2.75, 3.05) is 11.9 Å². The number of carbonyl (C=O) groups is 2. The highest BCUT2D eigenvalue weighted by molar-refractivity contribution is 9.10. The van der Waals surface area contributed by atoms with Crippen molar-refractivity contribution in [3.05, 3.63) is 57.8 Å². The van der Waals surface area contributed by atoms with E-state index in [0.717, 1.165) is 0 Å². The number of benzene rings is 1. The molecule has 0 spiro atoms. The highest BCUT2D eigenvalue weighted by atomic mass is 79.9. The molecule has 108 valence electrons. The zero-order valence-electron chi connectivity index (χ0n) is 10.8. The lowest BCUT2D eigenvalue weighted by Gasteiger charge is -2.07. The van der Waals surface area contributed by atoms with Crippen LogP contribution in [-0.4, -0.2) is 23.3 Å². The molecule has 2 amide bonds. The van der Waals surface area contributed by atoms with Crippen molar-refractivity contribution >= 4 is 45.0 Å². The van der Waals surface area contributed by atoms with Gasteiger partial charge in [-0.1, -0.05) is 29.8 Å². The fraction of sp³-hybridized carbons (Fsp3) is 0.0714. The van der Waals surface area contributed by atoms with E-state index in [1.807, 2.05) is 6.07 Å². The molecule has 0 fully saturated rings. The summed E-state index contributed by atoms with van der Waals surface area (Å²) in [5, 5.41) is 5.46. The van der Waals surface area contributed by atoms with Gasteiger partial charge in [-0.2, -0.15) is 0 Å². The van der Waals surface area contributed by atoms with Gasteiger partial charge >= 0.3 is 0 Å². The van der Waals surface area contributed by atoms with Crippen LogP contribution < -0.4 is 10.6 Å². The van der Waals surface area contributed by atoms with E-state index >= 15 is 0 Å². The second-order valence-corrected chi connectivity index (χ2v) is 5.31. The molecule has 1 aromatic carbocycles. The lowest BCUT2D eigenvalue weighted by molar-refractivity contribution is -0.115. The number of pyridine rings is 1. The Morgan fingerprint density at radius 2 is 1.95 bits per heavy atom. The molecule has 0 bridgehead atoms. The Hall–Kier alpha value is -1.92. The van der Waals surface area contributed by atoms with Crippen molar-refractivity contribution in [2.24, 2.45) is 0 Å². The van der Waals surface area contributed by atoms with Crippen LogP contribution in [0.25, 0.3) is 0 Å². The van der Waals surface area contributed by atoms with Crippen LogP contribution in [0.15, 0.2) is 47.1 Å². The molecule has 0 radical (unpaired) electrons. The first-order chi connectivity index (χ1) is 10.1. The highest BCUT2D eigenvalue weighted by Crippen LogP contribution is 2.22. The number of carbonyl (C=O) groups excluding carboxylic acids is 2. The third-order valence-electron chi connectivity index (χ3n) is 2.53. The second kappa shape index (κ2) is 7.19. The Balaban J connectivity index is 1.87. The normalized spacial score (nSPS) is 10.0. The number of aromatic nitrogens is 1. The number of amides is 2. The molecule has 0 saturated carbocycles. The molecule has 0 saturated heterocycles. The average Bonchev–Trinajstić information content (AvgIpc) is 2.49. The summed E-state index contributed by atoms with van der Waals surface area (Å²) < 4.78 is 0.579. The number of nitrogens with one attached hydrogen (secondary N) is 2. The van der Waals surface area contributed by atoms with Gasteiger partial charge in [0.25, 0.3) is 5.91 Å². The van der Waals surface area contributed by atoms with Crippen molar-refractivity contribution in [1.29, 1.82) is 0 Å². The van der Waals surface area contributed by atoms with Gasteiger partial charge in [0, 0.05) is 5.56 Å². The van der Waals surface area contributed by atoms with Crippen LogP contribution in [0.1, 0.15) is 10.4 Å². The number of halogens is 2. The molecule has 2 rings (SSSR count). The lowest BCUT2D eigenvalue weighted by atomic mass is 10.2. The highest BCUT2D eigenvalue weighted by Gasteiger charge is 2.08. The smallest absolute Gasteiger partial charge is 0.251 e. The Kier molecular flexibility index (Phi) is 5.30. The van der Waals surface area contributed by atoms with Crippen LogP contribution >= 0.6 is 27.5 Å². The van der Waals surface area contributed by atoms with Crippen molar-refractivity contribution in [3.8, 4) is 0 Å². The summed E-state index contributed by atoms with van der Waals surface area (Å²) in [6, 6.07) is 10.3. The number of rotatable bonds is 4. The van der Waals surface area contributed by atoms with Gasteiger partial charge in [-0.25, -0.2) is 4.98 Å². The Bertz CT molecular complexity index is 665. The molecule has 2 N–H and O–H groups in total. The second-order valence-electron chi connectivity index (χ2n) is 4.09. The third kappa shape index (κ3) is 4.54. The van der Waals surface area contributed by atoms with Crippen molar-refractivity contribution in [1.82, 2.24) is 10.3 Å². The molecule has 0 unspecified atom stereocenters. The van der Waals surface area contributed by atoms with Crippen molar-refractivity contribution < 1.29 is 9.59 Å². The fourth-order valence-electron chi connectivity index (χ4n) is 1.55. The molecule has 21 heavy (non-hydrogen) atoms. The summed E-state index contributed by atoms with van der Waals surface area (Å²) in [6.45, 7) is -0.131. The number of nitrogens with zero attached hydrogens (tertiary/aromatic N) is 1. The zero-order valence-corrected chi connectivity index (χ0v) is 13.1. The van der Waals surface area contributed by atoms with Gasteiger partial charge in [-0.15, -0.1) is 0 Å². The lowest BCUT2D eigenvalue weighted by Crippen LogP contribution is -2.32. The summed E-state index contributed by atoms with van der Waals surface area (Å²) in [5.74, 6) is -0.656. The molecular weight excluding hydrogens is 358 g/mol. The van der Waals surface area contributed by atoms with Gasteiger partial charge in [0.2, 0.25) is 5.91 Å². The molecule has 0 aliphatic carbocycles. The first kappa shape index (κ1) is 15.5. The quantitative estimate of drug-likeness (QED) is 0.815. The minimum absolute atomic E-state index is 0.131. The number of hydrogen-bond donors (Lipinski definition) is 2. The Labute approximate surface area is 134 Å². The van der Waals surface area contributed by atoms with E-state index in [4.69, 9.17) is 11.6 Å². The number of hydrogen-bond acceptors (Lipinski definition) is 3. The summed E-state index contributed by atoms with van der Waals surface area (Å²) in [7, 11) is 0. The summed E-state index contributed by atoms with van der Waals surface area (Å²) in [4.78, 5) is 27.4. The molecule has 1 aromatic heterocycles. The summed E-state index contributed by atoms with van der Waals surface area (Å²) in [6.07, 6.45) is 1.43. The van der Waals surface area contributed by atoms with E-state index in [0.29, 0.717) is 20.9 Å². The maximum Gasteiger partial charge on any atom is 0.251 e. The van der Waals surface area contributed by atoms with Gasteiger partial charge in [0.05, 0.1) is 22.9 Å². The van der Waals surface area contributed by atoms with Crippen LogP contribution in [0.3, 0.4) is 0 Å². The predicted molar refractivity (Wildman–Crippen MR) is 84.4 cm³/mol. The van der Waals surface area contributed by atoms with E-state index in [9.17, 15) is 9.59 Å². The van der Waals surface area contributed by atoms with Gasteiger partial charge in [-0.05, 0) is 34.1 Å². The molecular formula is C14H11BrClN3O2. The molecule has 1 heterocycles. The van der Waals surface area contributed by atoms with E-state index in [-0.39, 0.29) is 18.4 Å². The van der Waals surface area contributed by atoms with E-state index in [1.165, 1.54) is 6.20 Å². The fourth-order valence-corrected chi connectivity index (χ4v) is 2.00. The first-order valence-electron chi connectivity index (χ1n) is 6.00. The third-order valence-corrected chi connectivity index (χ3v) is 3.66. The maximum atomic E-state index is 11.8. The minimum atomic E-state index is -0.352. The first-order valence-corrected chi connectivity index (χ1v) is 7.17. The van der Waals surface area contributed by atoms with Gasteiger partial charge in [0.15, 0.2) is 0 Å². The summed E-state index contributed by atoms with van der Waals surface area (Å²) >= 11 is 8.97. The van der Waals surface area contributed by atoms with Crippen molar-refractivity contribution in [3.63, 3.8) is 0 Å². The van der Waals surface area contributed by atoms with E-state index in [1.54, 1.807) is 30.3 Å². The Morgan fingerprint density at radius 1 is 1.24 bits per heavy atom. The van der Waals surface area contributed by atoms with Crippen LogP contribution in [0.4, 0.5) is 5.69 Å². The standard InChI is InChI=1S/C14H11BrClN3O2/c15-11-6-10(7-17-13(11)16)19-12(20)8-18-14(21)9-4-2-1-3-5-9/h1-7H,8H2,(H,18,21)(H,19,20). The van der Waals surface area contributed by atoms with Gasteiger partial charge in [0.1, 0.15) is 5.15 Å². The SMILES string of the molecule is O=C(CNC(=O)c1ccccc1)Nc1cnc(Cl)c(Br)c1. The maximum absolute atomic E-state index is 11.8. The van der Waals surface area contributed by atoms with Crippen molar-refractivity contribution in [2.45, 2.75) is 0 Å². The molecule has 0 atom stereocenters.